The van der Waals surface area contributed by atoms with E-state index < -0.39 is 12.3 Å². The maximum atomic E-state index is 13.5. The van der Waals surface area contributed by atoms with Gasteiger partial charge >= 0.3 is 12.3 Å². The van der Waals surface area contributed by atoms with Gasteiger partial charge in [0.1, 0.15) is 0 Å². The number of halogens is 2. The third kappa shape index (κ3) is 5.19. The summed E-state index contributed by atoms with van der Waals surface area (Å²) in [6.45, 7) is 8.16. The number of morpholine rings is 1. The first-order valence-electron chi connectivity index (χ1n) is 11.5. The largest absolute Gasteiger partial charge is 0.586 e. The lowest BCUT2D eigenvalue weighted by Crippen LogP contribution is -2.48. The molecule has 0 aromatic heterocycles. The Morgan fingerprint density at radius 2 is 1.97 bits per heavy atom. The molecule has 1 fully saturated rings. The van der Waals surface area contributed by atoms with Gasteiger partial charge in [0, 0.05) is 18.3 Å². The van der Waals surface area contributed by atoms with E-state index in [2.05, 4.69) is 33.5 Å². The molecule has 2 aromatic rings. The average Bonchev–Trinajstić information content (AvgIpc) is 3.10. The molecule has 2 N–H and O–H groups in total. The second-order valence-corrected chi connectivity index (χ2v) is 9.01. The summed E-state index contributed by atoms with van der Waals surface area (Å²) in [7, 11) is 0. The van der Waals surface area contributed by atoms with Crippen molar-refractivity contribution in [2.45, 2.75) is 51.9 Å². The van der Waals surface area contributed by atoms with E-state index in [-0.39, 0.29) is 29.9 Å². The van der Waals surface area contributed by atoms with E-state index in [1.165, 1.54) is 12.1 Å². The molecule has 34 heavy (non-hydrogen) atoms. The zero-order valence-corrected chi connectivity index (χ0v) is 19.5. The molecule has 9 heteroatoms. The number of aliphatic carboxylic acids is 1. The van der Waals surface area contributed by atoms with E-state index in [0.717, 1.165) is 16.9 Å². The number of alkyl halides is 2. The average molecular weight is 477 g/mol. The van der Waals surface area contributed by atoms with Gasteiger partial charge in [-0.05, 0) is 48.1 Å². The summed E-state index contributed by atoms with van der Waals surface area (Å²) >= 11 is 0. The summed E-state index contributed by atoms with van der Waals surface area (Å²) in [5, 5.41) is 12.7. The van der Waals surface area contributed by atoms with Crippen molar-refractivity contribution in [1.82, 2.24) is 0 Å². The highest BCUT2D eigenvalue weighted by Crippen LogP contribution is 2.43. The van der Waals surface area contributed by atoms with Crippen LogP contribution < -0.4 is 19.7 Å². The fourth-order valence-corrected chi connectivity index (χ4v) is 4.52. The topological polar surface area (TPSA) is 80.3 Å². The number of carboxylic acid groups (broad SMARTS) is 1. The smallest absolute Gasteiger partial charge is 0.481 e. The first-order chi connectivity index (χ1) is 16.2. The molecule has 2 heterocycles. The molecule has 0 radical (unpaired) electrons. The Kier molecular flexibility index (Phi) is 6.84. The molecular formula is C25H30F2N2O5. The van der Waals surface area contributed by atoms with Crippen LogP contribution in [0.25, 0.3) is 0 Å². The molecule has 0 amide bonds. The van der Waals surface area contributed by atoms with Gasteiger partial charge in [-0.15, -0.1) is 8.78 Å². The SMILES string of the molecule is CCC(CC(=O)O)c1ccc(N2CCOCC2C(C)C)c(Nc2ccc3c(c2)OC(F)(F)O3)c1. The summed E-state index contributed by atoms with van der Waals surface area (Å²) in [5.41, 5.74) is 3.16. The first kappa shape index (κ1) is 24.1. The number of carboxylic acids is 1. The van der Waals surface area contributed by atoms with Crippen molar-refractivity contribution in [3.05, 3.63) is 42.0 Å². The molecule has 2 aliphatic heterocycles. The molecule has 4 rings (SSSR count). The molecular weight excluding hydrogens is 446 g/mol. The monoisotopic (exact) mass is 476 g/mol. The van der Waals surface area contributed by atoms with Gasteiger partial charge < -0.3 is 29.5 Å². The van der Waals surface area contributed by atoms with Crippen LogP contribution in [0.3, 0.4) is 0 Å². The van der Waals surface area contributed by atoms with Crippen LogP contribution in [0.1, 0.15) is 45.1 Å². The van der Waals surface area contributed by atoms with Crippen LogP contribution in [0.15, 0.2) is 36.4 Å². The minimum atomic E-state index is -3.69. The Morgan fingerprint density at radius 1 is 1.21 bits per heavy atom. The van der Waals surface area contributed by atoms with E-state index in [0.29, 0.717) is 37.8 Å². The maximum Gasteiger partial charge on any atom is 0.586 e. The molecule has 0 saturated carbocycles. The zero-order chi connectivity index (χ0) is 24.5. The summed E-state index contributed by atoms with van der Waals surface area (Å²) in [4.78, 5) is 13.7. The third-order valence-electron chi connectivity index (χ3n) is 6.33. The number of ether oxygens (including phenoxy) is 3. The van der Waals surface area contributed by atoms with Crippen molar-refractivity contribution in [3.63, 3.8) is 0 Å². The van der Waals surface area contributed by atoms with Crippen LogP contribution in [0.2, 0.25) is 0 Å². The molecule has 0 spiro atoms. The van der Waals surface area contributed by atoms with Crippen molar-refractivity contribution in [2.24, 2.45) is 5.92 Å². The normalized spacial score (nSPS) is 19.8. The summed E-state index contributed by atoms with van der Waals surface area (Å²) in [6.07, 6.45) is -2.98. The zero-order valence-electron chi connectivity index (χ0n) is 19.5. The highest BCUT2D eigenvalue weighted by atomic mass is 19.3. The predicted molar refractivity (Wildman–Crippen MR) is 124 cm³/mol. The number of hydrogen-bond acceptors (Lipinski definition) is 6. The number of fused-ring (bicyclic) bond motifs is 1. The predicted octanol–water partition coefficient (Wildman–Crippen LogP) is 5.58. The fourth-order valence-electron chi connectivity index (χ4n) is 4.52. The summed E-state index contributed by atoms with van der Waals surface area (Å²) < 4.78 is 41.8. The minimum Gasteiger partial charge on any atom is -0.481 e. The van der Waals surface area contributed by atoms with Crippen LogP contribution >= 0.6 is 0 Å². The van der Waals surface area contributed by atoms with Crippen molar-refractivity contribution in [3.8, 4) is 11.5 Å². The highest BCUT2D eigenvalue weighted by Gasteiger charge is 2.43. The van der Waals surface area contributed by atoms with Crippen LogP contribution in [0.5, 0.6) is 11.5 Å². The third-order valence-corrected chi connectivity index (χ3v) is 6.33. The summed E-state index contributed by atoms with van der Waals surface area (Å²) in [6, 6.07) is 10.7. The number of rotatable bonds is 8. The lowest BCUT2D eigenvalue weighted by Gasteiger charge is -2.40. The quantitative estimate of drug-likeness (QED) is 0.515. The lowest BCUT2D eigenvalue weighted by atomic mass is 9.92. The number of benzene rings is 2. The molecule has 2 aromatic carbocycles. The van der Waals surface area contributed by atoms with Gasteiger partial charge in [0.15, 0.2) is 11.5 Å². The lowest BCUT2D eigenvalue weighted by molar-refractivity contribution is -0.286. The molecule has 2 aliphatic rings. The maximum absolute atomic E-state index is 13.5. The number of nitrogens with one attached hydrogen (secondary N) is 1. The van der Waals surface area contributed by atoms with Gasteiger partial charge in [0.2, 0.25) is 0 Å². The summed E-state index contributed by atoms with van der Waals surface area (Å²) in [5.74, 6) is -0.721. The van der Waals surface area contributed by atoms with E-state index in [1.54, 1.807) is 6.07 Å². The molecule has 2 unspecified atom stereocenters. The van der Waals surface area contributed by atoms with Crippen LogP contribution in [0.4, 0.5) is 25.8 Å². The molecule has 2 atom stereocenters. The van der Waals surface area contributed by atoms with Crippen molar-refractivity contribution >= 4 is 23.0 Å². The Morgan fingerprint density at radius 3 is 2.68 bits per heavy atom. The molecule has 0 aliphatic carbocycles. The molecule has 7 nitrogen and oxygen atoms in total. The van der Waals surface area contributed by atoms with Gasteiger partial charge in [-0.25, -0.2) is 0 Å². The Balaban J connectivity index is 1.72. The molecule has 1 saturated heterocycles. The van der Waals surface area contributed by atoms with Crippen LogP contribution in [-0.4, -0.2) is 43.2 Å². The van der Waals surface area contributed by atoms with E-state index in [4.69, 9.17) is 4.74 Å². The van der Waals surface area contributed by atoms with Gasteiger partial charge in [0.25, 0.3) is 0 Å². The second kappa shape index (κ2) is 9.66. The Bertz CT molecular complexity index is 1050. The number of hydrogen-bond donors (Lipinski definition) is 2. The van der Waals surface area contributed by atoms with Crippen molar-refractivity contribution in [1.29, 1.82) is 0 Å². The Hall–Kier alpha value is -3.07. The highest BCUT2D eigenvalue weighted by molar-refractivity contribution is 5.78. The fraction of sp³-hybridized carbons (Fsp3) is 0.480. The van der Waals surface area contributed by atoms with E-state index in [9.17, 15) is 18.7 Å². The van der Waals surface area contributed by atoms with Gasteiger partial charge in [-0.3, -0.25) is 4.79 Å². The standard InChI is InChI=1S/C25H30F2N2O5/c1-4-16(12-24(30)31)17-5-7-20(29-9-10-32-14-21(29)15(2)3)19(11-17)28-18-6-8-22-23(13-18)34-25(26,27)33-22/h5-8,11,13,15-16,21,28H,4,9-10,12,14H2,1-3H3,(H,30,31). The molecule has 184 valence electrons. The first-order valence-corrected chi connectivity index (χ1v) is 11.5. The number of nitrogens with zero attached hydrogens (tertiary/aromatic N) is 1. The van der Waals surface area contributed by atoms with Gasteiger partial charge in [-0.1, -0.05) is 26.8 Å². The van der Waals surface area contributed by atoms with E-state index in [1.807, 2.05) is 25.1 Å². The second-order valence-electron chi connectivity index (χ2n) is 9.01. The van der Waals surface area contributed by atoms with Gasteiger partial charge in [0.05, 0.1) is 37.1 Å². The van der Waals surface area contributed by atoms with Crippen molar-refractivity contribution < 1.29 is 32.9 Å². The minimum absolute atomic E-state index is 0.0231. The number of anilines is 3. The number of carbonyl (C=O) groups is 1. The molecule has 0 bridgehead atoms. The Labute approximate surface area is 197 Å². The van der Waals surface area contributed by atoms with Crippen molar-refractivity contribution in [2.75, 3.05) is 30.0 Å². The van der Waals surface area contributed by atoms with E-state index >= 15 is 0 Å². The van der Waals surface area contributed by atoms with Crippen LogP contribution in [-0.2, 0) is 9.53 Å². The van der Waals surface area contributed by atoms with Gasteiger partial charge in [-0.2, -0.15) is 0 Å². The van der Waals surface area contributed by atoms with Crippen LogP contribution in [0, 0.1) is 5.92 Å².